The lowest BCUT2D eigenvalue weighted by atomic mass is 10.0. The zero-order valence-electron chi connectivity index (χ0n) is 20.0. The van der Waals surface area contributed by atoms with E-state index in [4.69, 9.17) is 9.47 Å². The zero-order valence-corrected chi connectivity index (χ0v) is 20.0. The molecule has 0 atom stereocenters. The highest BCUT2D eigenvalue weighted by Crippen LogP contribution is 2.13. The van der Waals surface area contributed by atoms with Crippen molar-refractivity contribution in [2.45, 2.75) is 130 Å². The highest BCUT2D eigenvalue weighted by atomic mass is 16.7. The molecule has 3 nitrogen and oxygen atoms in total. The molecule has 0 fully saturated rings. The number of unbranched alkanes of at least 4 members (excludes halogenated alkanes) is 15. The molecule has 0 aliphatic rings. The zero-order chi connectivity index (χ0) is 20.7. The minimum atomic E-state index is -0.0685. The minimum absolute atomic E-state index is 0.0685. The predicted octanol–water partition coefficient (Wildman–Crippen LogP) is 7.58. The number of likely N-dealkylation sites (N-methyl/N-ethyl adjacent to an activating group) is 1. The third-order valence-electron chi connectivity index (χ3n) is 5.56. The molecule has 3 heteroatoms. The number of rotatable bonds is 23. The number of ether oxygens (including phenoxy) is 2. The van der Waals surface area contributed by atoms with Crippen LogP contribution >= 0.6 is 0 Å². The summed E-state index contributed by atoms with van der Waals surface area (Å²) in [6.45, 7) is 9.82. The maximum absolute atomic E-state index is 5.62. The topological polar surface area (TPSA) is 21.7 Å². The van der Waals surface area contributed by atoms with Gasteiger partial charge in [-0.25, -0.2) is 0 Å². The molecular weight excluding hydrogens is 346 g/mol. The van der Waals surface area contributed by atoms with Crippen LogP contribution in [0.1, 0.15) is 124 Å². The van der Waals surface area contributed by atoms with Crippen molar-refractivity contribution < 1.29 is 9.47 Å². The van der Waals surface area contributed by atoms with E-state index in [0.29, 0.717) is 0 Å². The van der Waals surface area contributed by atoms with Crippen LogP contribution in [-0.2, 0) is 9.47 Å². The van der Waals surface area contributed by atoms with E-state index in [1.54, 1.807) is 0 Å². The smallest absolute Gasteiger partial charge is 0.170 e. The van der Waals surface area contributed by atoms with Crippen LogP contribution in [0.2, 0.25) is 0 Å². The van der Waals surface area contributed by atoms with Gasteiger partial charge in [0.2, 0.25) is 0 Å². The lowest BCUT2D eigenvalue weighted by Crippen LogP contribution is -2.33. The Morgan fingerprint density at radius 1 is 0.536 bits per heavy atom. The van der Waals surface area contributed by atoms with Gasteiger partial charge in [0, 0.05) is 19.8 Å². The Kier molecular flexibility index (Phi) is 23.1. The summed E-state index contributed by atoms with van der Waals surface area (Å²) < 4.78 is 11.2. The first-order valence-corrected chi connectivity index (χ1v) is 12.7. The van der Waals surface area contributed by atoms with E-state index >= 15 is 0 Å². The Labute approximate surface area is 177 Å². The molecule has 0 aromatic heterocycles. The largest absolute Gasteiger partial charge is 0.352 e. The normalized spacial score (nSPS) is 11.8. The number of hydrogen-bond acceptors (Lipinski definition) is 3. The average molecular weight is 400 g/mol. The van der Waals surface area contributed by atoms with Gasteiger partial charge in [0.1, 0.15) is 0 Å². The standard InChI is InChI=1S/C25H53NO2/c1-5-8-9-10-11-12-13-14-15-16-17-18-19-20-21-22-23-26(4)24-25(27-6-2)28-7-3/h25H,5-24H2,1-4H3. The van der Waals surface area contributed by atoms with Crippen molar-refractivity contribution in [3.8, 4) is 0 Å². The molecule has 0 heterocycles. The molecule has 0 aromatic rings. The van der Waals surface area contributed by atoms with Crippen LogP contribution in [0.25, 0.3) is 0 Å². The van der Waals surface area contributed by atoms with Gasteiger partial charge < -0.3 is 14.4 Å². The second kappa shape index (κ2) is 23.2. The molecule has 170 valence electrons. The van der Waals surface area contributed by atoms with Crippen molar-refractivity contribution in [3.05, 3.63) is 0 Å². The molecule has 0 aliphatic carbocycles. The second-order valence-corrected chi connectivity index (χ2v) is 8.41. The van der Waals surface area contributed by atoms with E-state index < -0.39 is 0 Å². The van der Waals surface area contributed by atoms with Gasteiger partial charge in [-0.1, -0.05) is 103 Å². The quantitative estimate of drug-likeness (QED) is 0.130. The van der Waals surface area contributed by atoms with Crippen molar-refractivity contribution in [1.29, 1.82) is 0 Å². The molecule has 0 saturated carbocycles. The molecule has 0 saturated heterocycles. The maximum Gasteiger partial charge on any atom is 0.170 e. The molecule has 0 aromatic carbocycles. The molecule has 0 amide bonds. The van der Waals surface area contributed by atoms with Crippen LogP contribution < -0.4 is 0 Å². The van der Waals surface area contributed by atoms with E-state index in [1.165, 1.54) is 103 Å². The van der Waals surface area contributed by atoms with Gasteiger partial charge in [0.15, 0.2) is 6.29 Å². The van der Waals surface area contributed by atoms with Gasteiger partial charge >= 0.3 is 0 Å². The summed E-state index contributed by atoms with van der Waals surface area (Å²) in [5.74, 6) is 0. The summed E-state index contributed by atoms with van der Waals surface area (Å²) in [7, 11) is 2.18. The van der Waals surface area contributed by atoms with E-state index in [1.807, 2.05) is 13.8 Å². The first-order chi connectivity index (χ1) is 13.7. The molecular formula is C25H53NO2. The van der Waals surface area contributed by atoms with Crippen LogP contribution in [0.5, 0.6) is 0 Å². The van der Waals surface area contributed by atoms with Crippen molar-refractivity contribution in [2.24, 2.45) is 0 Å². The van der Waals surface area contributed by atoms with Gasteiger partial charge in [0.05, 0.1) is 0 Å². The number of hydrogen-bond donors (Lipinski definition) is 0. The Morgan fingerprint density at radius 2 is 0.893 bits per heavy atom. The molecule has 0 spiro atoms. The van der Waals surface area contributed by atoms with Crippen LogP contribution in [0, 0.1) is 0 Å². The SMILES string of the molecule is CCCCCCCCCCCCCCCCCCN(C)CC(OCC)OCC. The molecule has 0 rings (SSSR count). The van der Waals surface area contributed by atoms with E-state index in [2.05, 4.69) is 18.9 Å². The molecule has 0 N–H and O–H groups in total. The second-order valence-electron chi connectivity index (χ2n) is 8.41. The summed E-state index contributed by atoms with van der Waals surface area (Å²) in [6.07, 6.45) is 22.7. The van der Waals surface area contributed by atoms with Gasteiger partial charge in [-0.3, -0.25) is 0 Å². The fraction of sp³-hybridized carbons (Fsp3) is 1.00. The van der Waals surface area contributed by atoms with Crippen LogP contribution in [0.4, 0.5) is 0 Å². The number of nitrogens with zero attached hydrogens (tertiary/aromatic N) is 1. The van der Waals surface area contributed by atoms with Crippen LogP contribution in [0.15, 0.2) is 0 Å². The summed E-state index contributed by atoms with van der Waals surface area (Å²) in [6, 6.07) is 0. The van der Waals surface area contributed by atoms with Crippen molar-refractivity contribution in [1.82, 2.24) is 4.90 Å². The van der Waals surface area contributed by atoms with E-state index in [0.717, 1.165) is 26.3 Å². The molecule has 0 bridgehead atoms. The van der Waals surface area contributed by atoms with Crippen LogP contribution in [-0.4, -0.2) is 44.5 Å². The average Bonchev–Trinajstić information content (AvgIpc) is 2.68. The molecule has 0 aliphatic heterocycles. The Bertz CT molecular complexity index is 280. The van der Waals surface area contributed by atoms with Crippen LogP contribution in [0.3, 0.4) is 0 Å². The minimum Gasteiger partial charge on any atom is -0.352 e. The highest BCUT2D eigenvalue weighted by molar-refractivity contribution is 4.56. The molecule has 28 heavy (non-hydrogen) atoms. The lowest BCUT2D eigenvalue weighted by Gasteiger charge is -2.23. The Hall–Kier alpha value is -0.120. The monoisotopic (exact) mass is 399 g/mol. The first-order valence-electron chi connectivity index (χ1n) is 12.7. The summed E-state index contributed by atoms with van der Waals surface area (Å²) >= 11 is 0. The van der Waals surface area contributed by atoms with E-state index in [9.17, 15) is 0 Å². The predicted molar refractivity (Wildman–Crippen MR) is 124 cm³/mol. The summed E-state index contributed by atoms with van der Waals surface area (Å²) in [5.41, 5.74) is 0. The van der Waals surface area contributed by atoms with Crippen molar-refractivity contribution >= 4 is 0 Å². The maximum atomic E-state index is 5.62. The van der Waals surface area contributed by atoms with Crippen molar-refractivity contribution in [2.75, 3.05) is 33.4 Å². The highest BCUT2D eigenvalue weighted by Gasteiger charge is 2.10. The molecule has 0 unspecified atom stereocenters. The lowest BCUT2D eigenvalue weighted by molar-refractivity contribution is -0.145. The Morgan fingerprint density at radius 3 is 1.25 bits per heavy atom. The fourth-order valence-corrected chi connectivity index (χ4v) is 3.80. The van der Waals surface area contributed by atoms with Gasteiger partial charge in [0.25, 0.3) is 0 Å². The Balaban J connectivity index is 3.26. The first kappa shape index (κ1) is 27.9. The van der Waals surface area contributed by atoms with Crippen molar-refractivity contribution in [3.63, 3.8) is 0 Å². The van der Waals surface area contributed by atoms with E-state index in [-0.39, 0.29) is 6.29 Å². The third kappa shape index (κ3) is 20.6. The third-order valence-corrected chi connectivity index (χ3v) is 5.56. The summed E-state index contributed by atoms with van der Waals surface area (Å²) in [5, 5.41) is 0. The fourth-order valence-electron chi connectivity index (χ4n) is 3.80. The summed E-state index contributed by atoms with van der Waals surface area (Å²) in [4.78, 5) is 2.35. The molecule has 0 radical (unpaired) electrons. The van der Waals surface area contributed by atoms with Gasteiger partial charge in [-0.05, 0) is 33.9 Å². The van der Waals surface area contributed by atoms with Gasteiger partial charge in [-0.2, -0.15) is 0 Å². The van der Waals surface area contributed by atoms with Gasteiger partial charge in [-0.15, -0.1) is 0 Å².